The first kappa shape index (κ1) is 22.9. The zero-order valence-corrected chi connectivity index (χ0v) is 19.0. The summed E-state index contributed by atoms with van der Waals surface area (Å²) in [6, 6.07) is 6.13. The van der Waals surface area contributed by atoms with Crippen molar-refractivity contribution in [3.8, 4) is 11.5 Å². The van der Waals surface area contributed by atoms with Gasteiger partial charge in [0.15, 0.2) is 11.5 Å². The molecule has 2 aliphatic rings. The number of carbonyl (C=O) groups excluding carboxylic acids is 1. The van der Waals surface area contributed by atoms with E-state index in [-0.39, 0.29) is 5.75 Å². The number of phenols is 1. The largest absolute Gasteiger partial charge is 0.504 e. The topological polar surface area (TPSA) is 56.2 Å². The first-order valence-corrected chi connectivity index (χ1v) is 11.6. The third-order valence-corrected chi connectivity index (χ3v) is 6.78. The molecule has 1 unspecified atom stereocenters. The molecule has 0 radical (unpaired) electrons. The Morgan fingerprint density at radius 2 is 2.00 bits per heavy atom. The molecule has 0 spiro atoms. The number of para-hydroxylation sites is 1. The van der Waals surface area contributed by atoms with Crippen LogP contribution in [0, 0.1) is 5.92 Å². The van der Waals surface area contributed by atoms with Crippen molar-refractivity contribution in [3.63, 3.8) is 0 Å². The van der Waals surface area contributed by atoms with Gasteiger partial charge in [-0.3, -0.25) is 9.69 Å². The van der Waals surface area contributed by atoms with Gasteiger partial charge in [0.1, 0.15) is 0 Å². The molecule has 1 N–H and O–H groups in total. The Morgan fingerprint density at radius 1 is 1.23 bits per heavy atom. The fourth-order valence-electron chi connectivity index (χ4n) is 4.83. The van der Waals surface area contributed by atoms with Crippen molar-refractivity contribution in [1.29, 1.82) is 0 Å². The van der Waals surface area contributed by atoms with Crippen LogP contribution >= 0.6 is 0 Å². The highest BCUT2D eigenvalue weighted by Crippen LogP contribution is 2.32. The van der Waals surface area contributed by atoms with E-state index in [2.05, 4.69) is 16.8 Å². The van der Waals surface area contributed by atoms with Crippen LogP contribution in [0.1, 0.15) is 51.0 Å². The molecule has 0 saturated carbocycles. The maximum Gasteiger partial charge on any atom is 0.222 e. The molecule has 2 aliphatic heterocycles. The number of carbonyl (C=O) groups is 1. The lowest BCUT2D eigenvalue weighted by molar-refractivity contribution is -0.133. The van der Waals surface area contributed by atoms with E-state index in [1.54, 1.807) is 0 Å². The van der Waals surface area contributed by atoms with Gasteiger partial charge in [-0.1, -0.05) is 12.1 Å². The van der Waals surface area contributed by atoms with Crippen molar-refractivity contribution in [3.05, 3.63) is 23.8 Å². The second-order valence-corrected chi connectivity index (χ2v) is 9.02. The Bertz CT molecular complexity index is 688. The average Bonchev–Trinajstić information content (AvgIpc) is 2.75. The van der Waals surface area contributed by atoms with Crippen molar-refractivity contribution < 1.29 is 14.6 Å². The molecule has 2 heterocycles. The molecule has 2 saturated heterocycles. The number of ether oxygens (including phenoxy) is 1. The second-order valence-electron chi connectivity index (χ2n) is 9.02. The van der Waals surface area contributed by atoms with Crippen molar-refractivity contribution in [2.24, 2.45) is 5.92 Å². The molecule has 6 heteroatoms. The van der Waals surface area contributed by atoms with E-state index in [0.717, 1.165) is 64.0 Å². The Labute approximate surface area is 181 Å². The van der Waals surface area contributed by atoms with Gasteiger partial charge < -0.3 is 19.6 Å². The molecule has 2 fully saturated rings. The summed E-state index contributed by atoms with van der Waals surface area (Å²) in [5, 5.41) is 10.5. The van der Waals surface area contributed by atoms with Crippen LogP contribution in [0.5, 0.6) is 11.5 Å². The molecule has 3 rings (SSSR count). The number of nitrogens with zero attached hydrogens (tertiary/aromatic N) is 3. The van der Waals surface area contributed by atoms with Crippen molar-refractivity contribution in [1.82, 2.24) is 14.7 Å². The number of hydrogen-bond acceptors (Lipinski definition) is 5. The Kier molecular flexibility index (Phi) is 8.40. The number of hydrogen-bond donors (Lipinski definition) is 1. The minimum Gasteiger partial charge on any atom is -0.504 e. The van der Waals surface area contributed by atoms with Gasteiger partial charge >= 0.3 is 0 Å². The van der Waals surface area contributed by atoms with E-state index >= 15 is 0 Å². The van der Waals surface area contributed by atoms with E-state index in [1.807, 2.05) is 37.1 Å². The summed E-state index contributed by atoms with van der Waals surface area (Å²) in [5.41, 5.74) is 0.916. The molecule has 1 atom stereocenters. The summed E-state index contributed by atoms with van der Waals surface area (Å²) >= 11 is 0. The smallest absolute Gasteiger partial charge is 0.222 e. The van der Waals surface area contributed by atoms with Gasteiger partial charge in [-0.25, -0.2) is 0 Å². The standard InChI is InChI=1S/C24H39N3O3/c1-4-30-22-9-5-8-20(24(22)29)18-27-14-6-7-19(17-27)10-11-23(28)26(3)21-12-15-25(2)16-13-21/h5,8-9,19,21,29H,4,6-7,10-18H2,1-3H3. The molecule has 0 bridgehead atoms. The zero-order chi connectivity index (χ0) is 21.5. The number of likely N-dealkylation sites (tertiary alicyclic amines) is 2. The molecular formula is C24H39N3O3. The Balaban J connectivity index is 1.47. The third kappa shape index (κ3) is 6.11. The van der Waals surface area contributed by atoms with Gasteiger partial charge in [-0.05, 0) is 77.7 Å². The van der Waals surface area contributed by atoms with Gasteiger partial charge in [0, 0.05) is 38.2 Å². The van der Waals surface area contributed by atoms with Crippen LogP contribution in [0.15, 0.2) is 18.2 Å². The Hall–Kier alpha value is -1.79. The molecular weight excluding hydrogens is 378 g/mol. The lowest BCUT2D eigenvalue weighted by Crippen LogP contribution is -2.44. The van der Waals surface area contributed by atoms with Gasteiger partial charge in [0.05, 0.1) is 6.61 Å². The number of rotatable bonds is 8. The molecule has 168 valence electrons. The van der Waals surface area contributed by atoms with Gasteiger partial charge in [0.2, 0.25) is 5.91 Å². The summed E-state index contributed by atoms with van der Waals surface area (Å²) in [6.45, 7) is 7.39. The number of benzene rings is 1. The fourth-order valence-corrected chi connectivity index (χ4v) is 4.83. The normalized spacial score (nSPS) is 21.5. The first-order valence-electron chi connectivity index (χ1n) is 11.6. The first-order chi connectivity index (χ1) is 14.5. The van der Waals surface area contributed by atoms with Gasteiger partial charge in [0.25, 0.3) is 0 Å². The lowest BCUT2D eigenvalue weighted by Gasteiger charge is -2.36. The van der Waals surface area contributed by atoms with E-state index < -0.39 is 0 Å². The molecule has 30 heavy (non-hydrogen) atoms. The lowest BCUT2D eigenvalue weighted by atomic mass is 9.92. The summed E-state index contributed by atoms with van der Waals surface area (Å²) in [5.74, 6) is 1.66. The van der Waals surface area contributed by atoms with Crippen LogP contribution in [0.3, 0.4) is 0 Å². The van der Waals surface area contributed by atoms with E-state index in [0.29, 0.717) is 36.6 Å². The van der Waals surface area contributed by atoms with Crippen LogP contribution in [0.2, 0.25) is 0 Å². The highest BCUT2D eigenvalue weighted by Gasteiger charge is 2.26. The van der Waals surface area contributed by atoms with E-state index in [1.165, 1.54) is 6.42 Å². The summed E-state index contributed by atoms with van der Waals surface area (Å²) in [6.07, 6.45) is 6.10. The van der Waals surface area contributed by atoms with Crippen LogP contribution in [0.25, 0.3) is 0 Å². The molecule has 0 aliphatic carbocycles. The fraction of sp³-hybridized carbons (Fsp3) is 0.708. The van der Waals surface area contributed by atoms with Crippen LogP contribution in [-0.4, -0.2) is 78.6 Å². The monoisotopic (exact) mass is 417 g/mol. The third-order valence-electron chi connectivity index (χ3n) is 6.78. The van der Waals surface area contributed by atoms with Crippen LogP contribution in [-0.2, 0) is 11.3 Å². The van der Waals surface area contributed by atoms with E-state index in [9.17, 15) is 9.90 Å². The zero-order valence-electron chi connectivity index (χ0n) is 19.0. The minimum atomic E-state index is 0.261. The van der Waals surface area contributed by atoms with Crippen molar-refractivity contribution >= 4 is 5.91 Å². The molecule has 0 aromatic heterocycles. The molecule has 1 aromatic carbocycles. The highest BCUT2D eigenvalue weighted by molar-refractivity contribution is 5.76. The van der Waals surface area contributed by atoms with Gasteiger partial charge in [-0.2, -0.15) is 0 Å². The summed E-state index contributed by atoms with van der Waals surface area (Å²) in [4.78, 5) is 19.5. The number of phenolic OH excluding ortho intramolecular Hbond substituents is 1. The number of aromatic hydroxyl groups is 1. The SMILES string of the molecule is CCOc1cccc(CN2CCCC(CCC(=O)N(C)C3CCN(C)CC3)C2)c1O. The van der Waals surface area contributed by atoms with E-state index in [4.69, 9.17) is 4.74 Å². The number of amides is 1. The summed E-state index contributed by atoms with van der Waals surface area (Å²) < 4.78 is 5.52. The Morgan fingerprint density at radius 3 is 2.73 bits per heavy atom. The second kappa shape index (κ2) is 11.0. The molecule has 1 aromatic rings. The van der Waals surface area contributed by atoms with Crippen LogP contribution in [0.4, 0.5) is 0 Å². The maximum absolute atomic E-state index is 12.7. The highest BCUT2D eigenvalue weighted by atomic mass is 16.5. The quantitative estimate of drug-likeness (QED) is 0.703. The molecule has 1 amide bonds. The summed E-state index contributed by atoms with van der Waals surface area (Å²) in [7, 11) is 4.14. The van der Waals surface area contributed by atoms with Crippen molar-refractivity contribution in [2.75, 3.05) is 46.9 Å². The maximum atomic E-state index is 12.7. The number of piperidine rings is 2. The predicted octanol–water partition coefficient (Wildman–Crippen LogP) is 3.34. The minimum absolute atomic E-state index is 0.261. The molecule has 6 nitrogen and oxygen atoms in total. The van der Waals surface area contributed by atoms with Crippen LogP contribution < -0.4 is 4.74 Å². The van der Waals surface area contributed by atoms with Gasteiger partial charge in [-0.15, -0.1) is 0 Å². The average molecular weight is 418 g/mol. The predicted molar refractivity (Wildman–Crippen MR) is 120 cm³/mol. The van der Waals surface area contributed by atoms with Crippen molar-refractivity contribution in [2.45, 2.75) is 58.0 Å².